The maximum Gasteiger partial charge on any atom is 0.232 e. The number of nitrogens with one attached hydrogen (secondary N) is 1. The molecule has 1 N–H and O–H groups in total. The predicted molar refractivity (Wildman–Crippen MR) is 110 cm³/mol. The molecule has 0 amide bonds. The van der Waals surface area contributed by atoms with Gasteiger partial charge in [-0.1, -0.05) is 32.0 Å². The molecule has 1 aromatic carbocycles. The number of nitrogens with zero attached hydrogens (tertiary/aromatic N) is 5. The summed E-state index contributed by atoms with van der Waals surface area (Å²) in [6.45, 7) is 10.3. The number of aromatic nitrogens is 2. The number of hydrogen-bond acceptors (Lipinski definition) is 6. The topological polar surface area (TPSA) is 79.0 Å². The molecular formula is C20H30N6O2. The first-order chi connectivity index (χ1) is 13.4. The molecule has 0 spiro atoms. The van der Waals surface area contributed by atoms with Gasteiger partial charge in [0.1, 0.15) is 5.75 Å². The third kappa shape index (κ3) is 4.74. The number of methoxy groups -OCH3 is 1. The van der Waals surface area contributed by atoms with E-state index in [9.17, 15) is 0 Å². The molecule has 1 saturated heterocycles. The maximum atomic E-state index is 5.35. The molecule has 152 valence electrons. The first kappa shape index (κ1) is 20.0. The highest BCUT2D eigenvalue weighted by molar-refractivity contribution is 5.80. The van der Waals surface area contributed by atoms with Crippen LogP contribution >= 0.6 is 0 Å². The standard InChI is InChI=1S/C20H30N6O2/c1-20(2,3)18-23-17(24-28-18)14-22-19(21-4)26-11-9-25(10-12-26)15-7-6-8-16(13-15)27-5/h6-8,13H,9-12,14H2,1-5H3,(H,21,22). The first-order valence-electron chi connectivity index (χ1n) is 9.58. The van der Waals surface area contributed by atoms with Gasteiger partial charge in [-0.2, -0.15) is 4.98 Å². The van der Waals surface area contributed by atoms with Crippen molar-refractivity contribution in [3.8, 4) is 5.75 Å². The minimum atomic E-state index is -0.149. The highest BCUT2D eigenvalue weighted by Crippen LogP contribution is 2.22. The largest absolute Gasteiger partial charge is 0.497 e. The van der Waals surface area contributed by atoms with E-state index in [2.05, 4.69) is 63.2 Å². The second kappa shape index (κ2) is 8.50. The Hall–Kier alpha value is -2.77. The molecule has 1 fully saturated rings. The van der Waals surface area contributed by atoms with Crippen LogP contribution in [0.4, 0.5) is 5.69 Å². The highest BCUT2D eigenvalue weighted by Gasteiger charge is 2.23. The van der Waals surface area contributed by atoms with E-state index in [4.69, 9.17) is 9.26 Å². The van der Waals surface area contributed by atoms with Gasteiger partial charge in [-0.15, -0.1) is 0 Å². The lowest BCUT2D eigenvalue weighted by atomic mass is 9.97. The Balaban J connectivity index is 1.54. The summed E-state index contributed by atoms with van der Waals surface area (Å²) in [4.78, 5) is 13.5. The summed E-state index contributed by atoms with van der Waals surface area (Å²) in [6, 6.07) is 8.19. The average Bonchev–Trinajstić information content (AvgIpc) is 3.18. The lowest BCUT2D eigenvalue weighted by Crippen LogP contribution is -2.52. The molecule has 1 aromatic heterocycles. The molecule has 8 nitrogen and oxygen atoms in total. The molecule has 2 heterocycles. The molecule has 0 unspecified atom stereocenters. The molecule has 8 heteroatoms. The molecule has 1 aliphatic heterocycles. The minimum Gasteiger partial charge on any atom is -0.497 e. The van der Waals surface area contributed by atoms with Crippen LogP contribution in [0, 0.1) is 0 Å². The molecule has 0 bridgehead atoms. The Labute approximate surface area is 166 Å². The molecule has 28 heavy (non-hydrogen) atoms. The second-order valence-corrected chi connectivity index (χ2v) is 7.84. The number of hydrogen-bond donors (Lipinski definition) is 1. The monoisotopic (exact) mass is 386 g/mol. The van der Waals surface area contributed by atoms with Crippen LogP contribution in [0.15, 0.2) is 33.8 Å². The van der Waals surface area contributed by atoms with E-state index in [1.807, 2.05) is 12.1 Å². The SMILES string of the molecule is CN=C(NCc1noc(C(C)(C)C)n1)N1CCN(c2cccc(OC)c2)CC1. The number of ether oxygens (including phenoxy) is 1. The van der Waals surface area contributed by atoms with Crippen LogP contribution in [0.5, 0.6) is 5.75 Å². The Kier molecular flexibility index (Phi) is 6.06. The van der Waals surface area contributed by atoms with E-state index in [0.717, 1.165) is 37.9 Å². The van der Waals surface area contributed by atoms with Crippen LogP contribution in [0.3, 0.4) is 0 Å². The number of anilines is 1. The smallest absolute Gasteiger partial charge is 0.232 e. The highest BCUT2D eigenvalue weighted by atomic mass is 16.5. The normalized spacial score (nSPS) is 15.7. The molecule has 1 aliphatic rings. The lowest BCUT2D eigenvalue weighted by molar-refractivity contribution is 0.317. The number of piperazine rings is 1. The Morgan fingerprint density at radius 3 is 2.61 bits per heavy atom. The van der Waals surface area contributed by atoms with Crippen molar-refractivity contribution in [3.63, 3.8) is 0 Å². The van der Waals surface area contributed by atoms with Crippen molar-refractivity contribution in [1.29, 1.82) is 0 Å². The number of rotatable bonds is 4. The van der Waals surface area contributed by atoms with E-state index < -0.39 is 0 Å². The maximum absolute atomic E-state index is 5.35. The van der Waals surface area contributed by atoms with Crippen LogP contribution < -0.4 is 15.0 Å². The van der Waals surface area contributed by atoms with Gasteiger partial charge in [0, 0.05) is 50.4 Å². The molecule has 3 rings (SSSR count). The van der Waals surface area contributed by atoms with Crippen LogP contribution in [0.25, 0.3) is 0 Å². The fourth-order valence-corrected chi connectivity index (χ4v) is 3.10. The van der Waals surface area contributed by atoms with Crippen molar-refractivity contribution >= 4 is 11.6 Å². The van der Waals surface area contributed by atoms with Gasteiger partial charge in [-0.3, -0.25) is 4.99 Å². The summed E-state index contributed by atoms with van der Waals surface area (Å²) in [5.41, 5.74) is 1.03. The fourth-order valence-electron chi connectivity index (χ4n) is 3.10. The molecule has 0 atom stereocenters. The van der Waals surface area contributed by atoms with Gasteiger partial charge in [-0.05, 0) is 12.1 Å². The van der Waals surface area contributed by atoms with E-state index in [1.54, 1.807) is 14.2 Å². The lowest BCUT2D eigenvalue weighted by Gasteiger charge is -2.37. The van der Waals surface area contributed by atoms with Crippen LogP contribution in [0.1, 0.15) is 32.5 Å². The van der Waals surface area contributed by atoms with Gasteiger partial charge in [0.25, 0.3) is 0 Å². The van der Waals surface area contributed by atoms with Crippen LogP contribution in [0.2, 0.25) is 0 Å². The van der Waals surface area contributed by atoms with Crippen molar-refractivity contribution in [2.45, 2.75) is 32.7 Å². The summed E-state index contributed by atoms with van der Waals surface area (Å²) in [7, 11) is 3.49. The second-order valence-electron chi connectivity index (χ2n) is 7.84. The zero-order chi connectivity index (χ0) is 20.1. The zero-order valence-corrected chi connectivity index (χ0v) is 17.4. The molecule has 0 aliphatic carbocycles. The first-order valence-corrected chi connectivity index (χ1v) is 9.58. The predicted octanol–water partition coefficient (Wildman–Crippen LogP) is 2.27. The van der Waals surface area contributed by atoms with E-state index in [1.165, 1.54) is 5.69 Å². The van der Waals surface area contributed by atoms with Gasteiger partial charge in [0.2, 0.25) is 5.89 Å². The number of aliphatic imine (C=N–C) groups is 1. The summed E-state index contributed by atoms with van der Waals surface area (Å²) < 4.78 is 10.7. The zero-order valence-electron chi connectivity index (χ0n) is 17.4. The third-order valence-corrected chi connectivity index (χ3v) is 4.72. The van der Waals surface area contributed by atoms with Crippen molar-refractivity contribution in [2.24, 2.45) is 4.99 Å². The molecule has 0 radical (unpaired) electrons. The van der Waals surface area contributed by atoms with Crippen molar-refractivity contribution in [2.75, 3.05) is 45.2 Å². The molecule has 2 aromatic rings. The summed E-state index contributed by atoms with van der Waals surface area (Å²) in [5, 5.41) is 7.41. The van der Waals surface area contributed by atoms with Crippen LogP contribution in [-0.2, 0) is 12.0 Å². The van der Waals surface area contributed by atoms with Crippen molar-refractivity contribution in [3.05, 3.63) is 36.0 Å². The van der Waals surface area contributed by atoms with Gasteiger partial charge < -0.3 is 24.4 Å². The molecule has 0 saturated carbocycles. The quantitative estimate of drug-likeness (QED) is 0.638. The van der Waals surface area contributed by atoms with Crippen molar-refractivity contribution in [1.82, 2.24) is 20.4 Å². The average molecular weight is 387 g/mol. The Morgan fingerprint density at radius 2 is 2.00 bits per heavy atom. The Morgan fingerprint density at radius 1 is 1.25 bits per heavy atom. The summed E-state index contributed by atoms with van der Waals surface area (Å²) >= 11 is 0. The third-order valence-electron chi connectivity index (χ3n) is 4.72. The molecular weight excluding hydrogens is 356 g/mol. The van der Waals surface area contributed by atoms with E-state index >= 15 is 0 Å². The van der Waals surface area contributed by atoms with E-state index in [0.29, 0.717) is 18.3 Å². The number of benzene rings is 1. The number of guanidine groups is 1. The summed E-state index contributed by atoms with van der Waals surface area (Å²) in [6.07, 6.45) is 0. The Bertz CT molecular complexity index is 803. The van der Waals surface area contributed by atoms with Crippen LogP contribution in [-0.4, -0.2) is 61.3 Å². The van der Waals surface area contributed by atoms with Gasteiger partial charge >= 0.3 is 0 Å². The van der Waals surface area contributed by atoms with E-state index in [-0.39, 0.29) is 5.41 Å². The van der Waals surface area contributed by atoms with Crippen molar-refractivity contribution < 1.29 is 9.26 Å². The van der Waals surface area contributed by atoms with Gasteiger partial charge in [0.15, 0.2) is 11.8 Å². The minimum absolute atomic E-state index is 0.149. The summed E-state index contributed by atoms with van der Waals surface area (Å²) in [5.74, 6) is 3.02. The van der Waals surface area contributed by atoms with Gasteiger partial charge in [-0.25, -0.2) is 0 Å². The van der Waals surface area contributed by atoms with Gasteiger partial charge in [0.05, 0.1) is 13.7 Å². The fraction of sp³-hybridized carbons (Fsp3) is 0.550.